The van der Waals surface area contributed by atoms with E-state index in [1.165, 1.54) is 0 Å². The molecule has 0 saturated heterocycles. The molecule has 2 heterocycles. The summed E-state index contributed by atoms with van der Waals surface area (Å²) in [5.41, 5.74) is 1.76. The number of anilines is 1. The summed E-state index contributed by atoms with van der Waals surface area (Å²) in [7, 11) is 0. The highest BCUT2D eigenvalue weighted by Gasteiger charge is 2.19. The lowest BCUT2D eigenvalue weighted by molar-refractivity contribution is 0.582. The lowest BCUT2D eigenvalue weighted by Gasteiger charge is -2.22. The van der Waals surface area contributed by atoms with Gasteiger partial charge in [0.15, 0.2) is 5.15 Å². The summed E-state index contributed by atoms with van der Waals surface area (Å²) in [5, 5.41) is 3.83. The molecule has 0 radical (unpaired) electrons. The van der Waals surface area contributed by atoms with Gasteiger partial charge in [0.1, 0.15) is 0 Å². The SMILES string of the molecule is CC1CNc2c(Cl)nc(Cl)nc2C1. The molecule has 13 heavy (non-hydrogen) atoms. The number of hydrogen-bond acceptors (Lipinski definition) is 3. The molecule has 1 N–H and O–H groups in total. The quantitative estimate of drug-likeness (QED) is 0.536. The molecule has 70 valence electrons. The van der Waals surface area contributed by atoms with E-state index in [0.717, 1.165) is 24.3 Å². The molecule has 0 spiro atoms. The molecule has 0 fully saturated rings. The fourth-order valence-corrected chi connectivity index (χ4v) is 1.94. The topological polar surface area (TPSA) is 37.8 Å². The number of aromatic nitrogens is 2. The van der Waals surface area contributed by atoms with E-state index < -0.39 is 0 Å². The van der Waals surface area contributed by atoms with Crippen molar-refractivity contribution >= 4 is 28.9 Å². The third kappa shape index (κ3) is 1.71. The fraction of sp³-hybridized carbons (Fsp3) is 0.500. The van der Waals surface area contributed by atoms with Crippen LogP contribution in [-0.4, -0.2) is 16.5 Å². The van der Waals surface area contributed by atoms with Gasteiger partial charge in [-0.25, -0.2) is 9.97 Å². The van der Waals surface area contributed by atoms with Crippen molar-refractivity contribution in [3.05, 3.63) is 16.1 Å². The molecule has 3 nitrogen and oxygen atoms in total. The van der Waals surface area contributed by atoms with Crippen molar-refractivity contribution in [2.75, 3.05) is 11.9 Å². The molecule has 1 atom stereocenters. The molecule has 0 amide bonds. The summed E-state index contributed by atoms with van der Waals surface area (Å²) in [6.07, 6.45) is 0.907. The zero-order valence-corrected chi connectivity index (χ0v) is 8.65. The van der Waals surface area contributed by atoms with E-state index in [9.17, 15) is 0 Å². The summed E-state index contributed by atoms with van der Waals surface area (Å²) in [6, 6.07) is 0. The Bertz CT molecular complexity index is 340. The van der Waals surface area contributed by atoms with Crippen LogP contribution in [-0.2, 0) is 6.42 Å². The van der Waals surface area contributed by atoms with Gasteiger partial charge in [-0.05, 0) is 23.9 Å². The number of nitrogens with zero attached hydrogens (tertiary/aromatic N) is 2. The molecule has 0 aliphatic carbocycles. The van der Waals surface area contributed by atoms with Crippen LogP contribution in [0.5, 0.6) is 0 Å². The van der Waals surface area contributed by atoms with Crippen LogP contribution < -0.4 is 5.32 Å². The van der Waals surface area contributed by atoms with Crippen LogP contribution in [0.3, 0.4) is 0 Å². The van der Waals surface area contributed by atoms with Crippen LogP contribution >= 0.6 is 23.2 Å². The first kappa shape index (κ1) is 9.03. The Labute approximate surface area is 86.5 Å². The van der Waals surface area contributed by atoms with Crippen molar-refractivity contribution in [1.29, 1.82) is 0 Å². The molecule has 1 aromatic heterocycles. The van der Waals surface area contributed by atoms with Crippen LogP contribution in [0, 0.1) is 5.92 Å². The number of hydrogen-bond donors (Lipinski definition) is 1. The van der Waals surface area contributed by atoms with Crippen LogP contribution in [0.15, 0.2) is 0 Å². The summed E-state index contributed by atoms with van der Waals surface area (Å²) in [6.45, 7) is 3.07. The summed E-state index contributed by atoms with van der Waals surface area (Å²) in [4.78, 5) is 8.00. The van der Waals surface area contributed by atoms with Crippen molar-refractivity contribution in [3.8, 4) is 0 Å². The zero-order chi connectivity index (χ0) is 9.42. The minimum atomic E-state index is 0.222. The van der Waals surface area contributed by atoms with Crippen molar-refractivity contribution in [2.45, 2.75) is 13.3 Å². The molecule has 1 aliphatic rings. The molecule has 2 rings (SSSR count). The molecular formula is C8H9Cl2N3. The van der Waals surface area contributed by atoms with E-state index in [0.29, 0.717) is 11.1 Å². The van der Waals surface area contributed by atoms with Gasteiger partial charge in [-0.1, -0.05) is 18.5 Å². The Hall–Kier alpha value is -0.540. The van der Waals surface area contributed by atoms with E-state index in [4.69, 9.17) is 23.2 Å². The van der Waals surface area contributed by atoms with Gasteiger partial charge < -0.3 is 5.32 Å². The molecular weight excluding hydrogens is 209 g/mol. The summed E-state index contributed by atoms with van der Waals surface area (Å²) >= 11 is 11.6. The normalized spacial score (nSPS) is 20.7. The molecule has 5 heteroatoms. The Balaban J connectivity index is 2.47. The lowest BCUT2D eigenvalue weighted by Crippen LogP contribution is -2.22. The van der Waals surface area contributed by atoms with Crippen molar-refractivity contribution < 1.29 is 0 Å². The zero-order valence-electron chi connectivity index (χ0n) is 7.14. The molecule has 1 aliphatic heterocycles. The maximum absolute atomic E-state index is 5.90. The minimum Gasteiger partial charge on any atom is -0.381 e. The van der Waals surface area contributed by atoms with E-state index in [-0.39, 0.29) is 5.28 Å². The average Bonchev–Trinajstić information content (AvgIpc) is 2.02. The third-order valence-corrected chi connectivity index (χ3v) is 2.52. The number of halogens is 2. The average molecular weight is 218 g/mol. The van der Waals surface area contributed by atoms with Crippen molar-refractivity contribution in [1.82, 2.24) is 9.97 Å². The van der Waals surface area contributed by atoms with Crippen LogP contribution in [0.2, 0.25) is 10.4 Å². The standard InChI is InChI=1S/C8H9Cl2N3/c1-4-2-5-6(11-3-4)7(9)13-8(10)12-5/h4,11H,2-3H2,1H3. The Kier molecular flexibility index (Phi) is 2.30. The van der Waals surface area contributed by atoms with Gasteiger partial charge in [0, 0.05) is 6.54 Å². The van der Waals surface area contributed by atoms with Gasteiger partial charge in [-0.15, -0.1) is 0 Å². The first-order valence-electron chi connectivity index (χ1n) is 4.12. The Morgan fingerprint density at radius 1 is 1.38 bits per heavy atom. The first-order valence-corrected chi connectivity index (χ1v) is 4.88. The van der Waals surface area contributed by atoms with E-state index in [2.05, 4.69) is 22.2 Å². The largest absolute Gasteiger partial charge is 0.381 e. The first-order chi connectivity index (χ1) is 6.16. The van der Waals surface area contributed by atoms with Gasteiger partial charge in [0.05, 0.1) is 11.4 Å². The highest BCUT2D eigenvalue weighted by atomic mass is 35.5. The number of fused-ring (bicyclic) bond motifs is 1. The molecule has 0 saturated carbocycles. The second kappa shape index (κ2) is 3.31. The third-order valence-electron chi connectivity index (χ3n) is 2.08. The highest BCUT2D eigenvalue weighted by molar-refractivity contribution is 6.33. The van der Waals surface area contributed by atoms with Crippen LogP contribution in [0.25, 0.3) is 0 Å². The van der Waals surface area contributed by atoms with E-state index in [1.807, 2.05) is 0 Å². The maximum atomic E-state index is 5.90. The Morgan fingerprint density at radius 3 is 2.92 bits per heavy atom. The van der Waals surface area contributed by atoms with Crippen LogP contribution in [0.4, 0.5) is 5.69 Å². The highest BCUT2D eigenvalue weighted by Crippen LogP contribution is 2.29. The number of rotatable bonds is 0. The second-order valence-electron chi connectivity index (χ2n) is 3.30. The monoisotopic (exact) mass is 217 g/mol. The molecule has 1 unspecified atom stereocenters. The molecule has 0 aromatic carbocycles. The lowest BCUT2D eigenvalue weighted by atomic mass is 10.0. The number of nitrogens with one attached hydrogen (secondary N) is 1. The molecule has 1 aromatic rings. The predicted octanol–water partition coefficient (Wildman–Crippen LogP) is 2.39. The van der Waals surface area contributed by atoms with Gasteiger partial charge >= 0.3 is 0 Å². The van der Waals surface area contributed by atoms with Gasteiger partial charge in [0.25, 0.3) is 0 Å². The van der Waals surface area contributed by atoms with Gasteiger partial charge in [-0.2, -0.15) is 0 Å². The van der Waals surface area contributed by atoms with Crippen LogP contribution in [0.1, 0.15) is 12.6 Å². The van der Waals surface area contributed by atoms with Gasteiger partial charge in [0.2, 0.25) is 5.28 Å². The maximum Gasteiger partial charge on any atom is 0.224 e. The van der Waals surface area contributed by atoms with Crippen molar-refractivity contribution in [3.63, 3.8) is 0 Å². The summed E-state index contributed by atoms with van der Waals surface area (Å²) < 4.78 is 0. The van der Waals surface area contributed by atoms with E-state index in [1.54, 1.807) is 0 Å². The predicted molar refractivity (Wildman–Crippen MR) is 53.4 cm³/mol. The fourth-order valence-electron chi connectivity index (χ4n) is 1.45. The van der Waals surface area contributed by atoms with E-state index >= 15 is 0 Å². The minimum absolute atomic E-state index is 0.222. The van der Waals surface area contributed by atoms with Gasteiger partial charge in [-0.3, -0.25) is 0 Å². The second-order valence-corrected chi connectivity index (χ2v) is 3.99. The summed E-state index contributed by atoms with van der Waals surface area (Å²) in [5.74, 6) is 0.564. The molecule has 0 bridgehead atoms. The van der Waals surface area contributed by atoms with Crippen molar-refractivity contribution in [2.24, 2.45) is 5.92 Å². The Morgan fingerprint density at radius 2 is 2.15 bits per heavy atom. The smallest absolute Gasteiger partial charge is 0.224 e.